The lowest BCUT2D eigenvalue weighted by molar-refractivity contribution is -0.120. The van der Waals surface area contributed by atoms with Crippen LogP contribution in [0.15, 0.2) is 48.5 Å². The van der Waals surface area contributed by atoms with Crippen LogP contribution in [-0.2, 0) is 4.79 Å². The molecule has 0 aromatic heterocycles. The molecule has 0 unspecified atom stereocenters. The minimum Gasteiger partial charge on any atom is -0.508 e. The van der Waals surface area contributed by atoms with Gasteiger partial charge >= 0.3 is 0 Å². The summed E-state index contributed by atoms with van der Waals surface area (Å²) in [7, 11) is 0. The van der Waals surface area contributed by atoms with Gasteiger partial charge in [-0.1, -0.05) is 6.07 Å². The maximum absolute atomic E-state index is 9.78. The van der Waals surface area contributed by atoms with Crippen LogP contribution >= 0.6 is 0 Å². The number of carbonyl (C=O) groups excluding carboxylic acids is 1. The zero-order valence-corrected chi connectivity index (χ0v) is 9.35. The van der Waals surface area contributed by atoms with E-state index in [0.29, 0.717) is 12.2 Å². The Morgan fingerprint density at radius 2 is 1.39 bits per heavy atom. The molecular formula is C13H12O5. The summed E-state index contributed by atoms with van der Waals surface area (Å²) < 4.78 is 4.45. The molecule has 0 saturated carbocycles. The molecule has 2 aromatic rings. The number of phenols is 3. The predicted molar refractivity (Wildman–Crippen MR) is 64.6 cm³/mol. The maximum atomic E-state index is 9.78. The van der Waals surface area contributed by atoms with E-state index < -0.39 is 0 Å². The molecule has 0 spiro atoms. The molecule has 0 heterocycles. The topological polar surface area (TPSA) is 87.0 Å². The first kappa shape index (κ1) is 13.4. The van der Waals surface area contributed by atoms with Crippen molar-refractivity contribution in [1.82, 2.24) is 0 Å². The summed E-state index contributed by atoms with van der Waals surface area (Å²) in [5.41, 5.74) is 0. The van der Waals surface area contributed by atoms with E-state index in [0.717, 1.165) is 0 Å². The molecule has 0 aliphatic heterocycles. The second kappa shape index (κ2) is 6.80. The van der Waals surface area contributed by atoms with Crippen LogP contribution < -0.4 is 4.74 Å². The highest BCUT2D eigenvalue weighted by Crippen LogP contribution is 2.16. The van der Waals surface area contributed by atoms with E-state index in [9.17, 15) is 4.79 Å². The van der Waals surface area contributed by atoms with Gasteiger partial charge in [0.05, 0.1) is 0 Å². The third-order valence-electron chi connectivity index (χ3n) is 1.85. The van der Waals surface area contributed by atoms with Crippen molar-refractivity contribution in [3.05, 3.63) is 48.5 Å². The highest BCUT2D eigenvalue weighted by atomic mass is 16.5. The molecule has 2 aromatic carbocycles. The molecule has 18 heavy (non-hydrogen) atoms. The predicted octanol–water partition coefficient (Wildman–Crippen LogP) is 2.03. The first-order valence-corrected chi connectivity index (χ1v) is 4.99. The highest BCUT2D eigenvalue weighted by Gasteiger charge is 1.91. The third kappa shape index (κ3) is 4.89. The van der Waals surface area contributed by atoms with E-state index in [-0.39, 0.29) is 17.2 Å². The lowest BCUT2D eigenvalue weighted by Crippen LogP contribution is -1.86. The van der Waals surface area contributed by atoms with Gasteiger partial charge in [0, 0.05) is 6.07 Å². The summed E-state index contributed by atoms with van der Waals surface area (Å²) in [5, 5.41) is 26.1. The van der Waals surface area contributed by atoms with Crippen molar-refractivity contribution < 1.29 is 24.9 Å². The van der Waals surface area contributed by atoms with E-state index in [4.69, 9.17) is 15.3 Å². The summed E-state index contributed by atoms with van der Waals surface area (Å²) in [5.74, 6) is 0.764. The van der Waals surface area contributed by atoms with Crippen LogP contribution in [0.4, 0.5) is 0 Å². The van der Waals surface area contributed by atoms with Gasteiger partial charge in [0.15, 0.2) is 0 Å². The zero-order chi connectivity index (χ0) is 13.4. The van der Waals surface area contributed by atoms with E-state index >= 15 is 0 Å². The Hall–Kier alpha value is -2.69. The molecule has 0 saturated heterocycles. The molecule has 5 nitrogen and oxygen atoms in total. The number of benzene rings is 2. The Balaban J connectivity index is 0.000000184. The van der Waals surface area contributed by atoms with Crippen LogP contribution in [0.25, 0.3) is 0 Å². The highest BCUT2D eigenvalue weighted by molar-refractivity contribution is 5.46. The Morgan fingerprint density at radius 3 is 1.83 bits per heavy atom. The minimum atomic E-state index is 0.0827. The van der Waals surface area contributed by atoms with Crippen molar-refractivity contribution in [3.63, 3.8) is 0 Å². The second-order valence-electron chi connectivity index (χ2n) is 3.23. The fourth-order valence-corrected chi connectivity index (χ4v) is 1.07. The van der Waals surface area contributed by atoms with Gasteiger partial charge in [-0.3, -0.25) is 4.79 Å². The molecule has 2 rings (SSSR count). The monoisotopic (exact) mass is 248 g/mol. The van der Waals surface area contributed by atoms with Gasteiger partial charge in [-0.15, -0.1) is 0 Å². The lowest BCUT2D eigenvalue weighted by atomic mass is 10.3. The molecular weight excluding hydrogens is 236 g/mol. The van der Waals surface area contributed by atoms with Crippen LogP contribution in [0.5, 0.6) is 23.0 Å². The first-order chi connectivity index (χ1) is 8.61. The van der Waals surface area contributed by atoms with Gasteiger partial charge in [-0.2, -0.15) is 0 Å². The van der Waals surface area contributed by atoms with Crippen molar-refractivity contribution in [2.75, 3.05) is 0 Å². The number of ether oxygens (including phenoxy) is 1. The molecule has 94 valence electrons. The van der Waals surface area contributed by atoms with E-state index in [1.807, 2.05) is 0 Å². The van der Waals surface area contributed by atoms with Gasteiger partial charge in [0.25, 0.3) is 6.47 Å². The van der Waals surface area contributed by atoms with Crippen molar-refractivity contribution >= 4 is 6.47 Å². The Labute approximate surface area is 104 Å². The van der Waals surface area contributed by atoms with Gasteiger partial charge < -0.3 is 20.1 Å². The standard InChI is InChI=1S/C7H6O3.C6H6O2/c8-5-10-7-3-1-2-6(9)4-7;7-5-1-2-6(8)4-3-5/h1-5,9H;1-4,7-8H. The summed E-state index contributed by atoms with van der Waals surface area (Å²) in [6.45, 7) is 0.314. The SMILES string of the molecule is O=COc1cccc(O)c1.Oc1ccc(O)cc1. The van der Waals surface area contributed by atoms with Gasteiger partial charge in [-0.05, 0) is 36.4 Å². The molecule has 0 atom stereocenters. The van der Waals surface area contributed by atoms with Crippen molar-refractivity contribution in [2.24, 2.45) is 0 Å². The molecule has 0 aliphatic rings. The van der Waals surface area contributed by atoms with Crippen molar-refractivity contribution in [1.29, 1.82) is 0 Å². The normalized spacial score (nSPS) is 8.89. The van der Waals surface area contributed by atoms with Crippen LogP contribution in [0.2, 0.25) is 0 Å². The van der Waals surface area contributed by atoms with Gasteiger partial charge in [0.2, 0.25) is 0 Å². The molecule has 0 amide bonds. The largest absolute Gasteiger partial charge is 0.508 e. The quantitative estimate of drug-likeness (QED) is 0.559. The summed E-state index contributed by atoms with van der Waals surface area (Å²) in [4.78, 5) is 9.78. The fraction of sp³-hybridized carbons (Fsp3) is 0. The number of hydrogen-bond donors (Lipinski definition) is 3. The van der Waals surface area contributed by atoms with Crippen LogP contribution in [0, 0.1) is 0 Å². The smallest absolute Gasteiger partial charge is 0.298 e. The molecule has 5 heteroatoms. The first-order valence-electron chi connectivity index (χ1n) is 4.99. The minimum absolute atomic E-state index is 0.0827. The molecule has 0 radical (unpaired) electrons. The number of carbonyl (C=O) groups is 1. The number of aromatic hydroxyl groups is 3. The Morgan fingerprint density at radius 1 is 0.833 bits per heavy atom. The van der Waals surface area contributed by atoms with Crippen molar-refractivity contribution in [3.8, 4) is 23.0 Å². The number of phenolic OH excluding ortho intramolecular Hbond substituents is 3. The van der Waals surface area contributed by atoms with E-state index in [1.54, 1.807) is 12.1 Å². The third-order valence-corrected chi connectivity index (χ3v) is 1.85. The van der Waals surface area contributed by atoms with E-state index in [1.165, 1.54) is 36.4 Å². The van der Waals surface area contributed by atoms with Crippen molar-refractivity contribution in [2.45, 2.75) is 0 Å². The van der Waals surface area contributed by atoms with Gasteiger partial charge in [-0.25, -0.2) is 0 Å². The lowest BCUT2D eigenvalue weighted by Gasteiger charge is -1.95. The molecule has 0 bridgehead atoms. The van der Waals surface area contributed by atoms with Crippen LogP contribution in [-0.4, -0.2) is 21.8 Å². The zero-order valence-electron chi connectivity index (χ0n) is 9.35. The van der Waals surface area contributed by atoms with Crippen LogP contribution in [0.3, 0.4) is 0 Å². The summed E-state index contributed by atoms with van der Waals surface area (Å²) in [6, 6.07) is 11.7. The molecule has 0 fully saturated rings. The van der Waals surface area contributed by atoms with E-state index in [2.05, 4.69) is 4.74 Å². The second-order valence-corrected chi connectivity index (χ2v) is 3.23. The number of rotatable bonds is 2. The fourth-order valence-electron chi connectivity index (χ4n) is 1.07. The Bertz CT molecular complexity index is 472. The average Bonchev–Trinajstić information content (AvgIpc) is 2.34. The van der Waals surface area contributed by atoms with Crippen LogP contribution in [0.1, 0.15) is 0 Å². The summed E-state index contributed by atoms with van der Waals surface area (Å²) in [6.07, 6.45) is 0. The molecule has 0 aliphatic carbocycles. The molecule has 3 N–H and O–H groups in total. The average molecular weight is 248 g/mol. The summed E-state index contributed by atoms with van der Waals surface area (Å²) >= 11 is 0. The number of hydrogen-bond acceptors (Lipinski definition) is 5. The maximum Gasteiger partial charge on any atom is 0.298 e. The van der Waals surface area contributed by atoms with Gasteiger partial charge in [0.1, 0.15) is 23.0 Å². The Kier molecular flexibility index (Phi) is 5.05.